The molecule has 0 radical (unpaired) electrons. The van der Waals surface area contributed by atoms with E-state index in [0.29, 0.717) is 19.3 Å². The Kier molecular flexibility index (Phi) is 46.8. The van der Waals surface area contributed by atoms with Crippen LogP contribution in [0.1, 0.15) is 278 Å². The molecule has 1 atom stereocenters. The van der Waals surface area contributed by atoms with Crippen molar-refractivity contribution < 1.29 is 28.6 Å². The highest BCUT2D eigenvalue weighted by Crippen LogP contribution is 2.16. The topological polar surface area (TPSA) is 78.9 Å². The van der Waals surface area contributed by atoms with E-state index in [0.717, 1.165) is 77.0 Å². The minimum atomic E-state index is -0.771. The molecule has 0 N–H and O–H groups in total. The van der Waals surface area contributed by atoms with Gasteiger partial charge in [0.2, 0.25) is 0 Å². The standard InChI is InChI=1S/C53H98O6/c1-4-7-10-13-16-19-22-24-26-28-29-31-34-37-40-43-46-52(55)58-49-50(48-57-51(54)45-42-39-36-33-21-18-15-12-9-6-3)59-53(56)47-44-41-38-35-32-30-27-25-23-20-17-14-11-8-5-2/h17,20,25,27,50H,4-16,18-19,21-24,26,28-49H2,1-3H3/b20-17-,27-25-/t50-/m1/s1. The number of esters is 3. The summed E-state index contributed by atoms with van der Waals surface area (Å²) in [5.41, 5.74) is 0. The first-order valence-electron chi connectivity index (χ1n) is 25.8. The van der Waals surface area contributed by atoms with Crippen molar-refractivity contribution in [2.24, 2.45) is 0 Å². The summed E-state index contributed by atoms with van der Waals surface area (Å²) in [7, 11) is 0. The molecule has 0 aromatic heterocycles. The predicted molar refractivity (Wildman–Crippen MR) is 252 cm³/mol. The lowest BCUT2D eigenvalue weighted by Crippen LogP contribution is -2.30. The molecule has 0 unspecified atom stereocenters. The molecule has 6 heteroatoms. The van der Waals surface area contributed by atoms with Crippen LogP contribution in [0.15, 0.2) is 24.3 Å². The molecular formula is C53H98O6. The number of unbranched alkanes of at least 4 members (excludes halogenated alkanes) is 32. The van der Waals surface area contributed by atoms with Gasteiger partial charge in [-0.2, -0.15) is 0 Å². The van der Waals surface area contributed by atoms with Gasteiger partial charge in [-0.3, -0.25) is 14.4 Å². The van der Waals surface area contributed by atoms with Crippen LogP contribution in [0.3, 0.4) is 0 Å². The molecule has 0 heterocycles. The van der Waals surface area contributed by atoms with Gasteiger partial charge in [0.25, 0.3) is 0 Å². The molecule has 0 saturated carbocycles. The first-order chi connectivity index (χ1) is 29.0. The van der Waals surface area contributed by atoms with Crippen molar-refractivity contribution in [2.45, 2.75) is 284 Å². The highest BCUT2D eigenvalue weighted by atomic mass is 16.6. The number of carbonyl (C=O) groups excluding carboxylic acids is 3. The van der Waals surface area contributed by atoms with Crippen LogP contribution < -0.4 is 0 Å². The van der Waals surface area contributed by atoms with Crippen molar-refractivity contribution in [2.75, 3.05) is 13.2 Å². The smallest absolute Gasteiger partial charge is 0.306 e. The fourth-order valence-electron chi connectivity index (χ4n) is 7.53. The van der Waals surface area contributed by atoms with E-state index >= 15 is 0 Å². The minimum Gasteiger partial charge on any atom is -0.462 e. The fraction of sp³-hybridized carbons (Fsp3) is 0.868. The number of carbonyl (C=O) groups is 3. The maximum Gasteiger partial charge on any atom is 0.306 e. The van der Waals surface area contributed by atoms with Crippen LogP contribution in [0.5, 0.6) is 0 Å². The molecule has 0 spiro atoms. The molecule has 0 aliphatic carbocycles. The summed E-state index contributed by atoms with van der Waals surface area (Å²) in [4.78, 5) is 37.9. The van der Waals surface area contributed by atoms with Crippen LogP contribution in [0.2, 0.25) is 0 Å². The van der Waals surface area contributed by atoms with E-state index in [1.807, 2.05) is 0 Å². The third-order valence-corrected chi connectivity index (χ3v) is 11.5. The van der Waals surface area contributed by atoms with Crippen molar-refractivity contribution in [1.29, 1.82) is 0 Å². The second-order valence-corrected chi connectivity index (χ2v) is 17.4. The second-order valence-electron chi connectivity index (χ2n) is 17.4. The van der Waals surface area contributed by atoms with Gasteiger partial charge in [-0.25, -0.2) is 0 Å². The lowest BCUT2D eigenvalue weighted by atomic mass is 10.0. The van der Waals surface area contributed by atoms with Crippen LogP contribution in [0.4, 0.5) is 0 Å². The fourth-order valence-corrected chi connectivity index (χ4v) is 7.53. The van der Waals surface area contributed by atoms with Crippen molar-refractivity contribution in [3.8, 4) is 0 Å². The van der Waals surface area contributed by atoms with E-state index in [-0.39, 0.29) is 31.1 Å². The maximum absolute atomic E-state index is 12.8. The van der Waals surface area contributed by atoms with Gasteiger partial charge < -0.3 is 14.2 Å². The monoisotopic (exact) mass is 831 g/mol. The van der Waals surface area contributed by atoms with Gasteiger partial charge in [-0.15, -0.1) is 0 Å². The molecule has 0 bridgehead atoms. The molecule has 0 aliphatic heterocycles. The SMILES string of the molecule is CCCCC/C=C\C/C=C\CCCCCCCC(=O)O[C@H](COC(=O)CCCCCCCCCCCC)COC(=O)CCCCCCCCCCCCCCCCCC. The number of hydrogen-bond acceptors (Lipinski definition) is 6. The molecule has 0 aliphatic rings. The molecule has 0 saturated heterocycles. The summed E-state index contributed by atoms with van der Waals surface area (Å²) in [6.07, 6.45) is 54.4. The summed E-state index contributed by atoms with van der Waals surface area (Å²) in [5.74, 6) is -0.874. The Morgan fingerprint density at radius 3 is 0.966 bits per heavy atom. The quantitative estimate of drug-likeness (QED) is 0.0263. The van der Waals surface area contributed by atoms with Crippen LogP contribution in [-0.4, -0.2) is 37.2 Å². The van der Waals surface area contributed by atoms with E-state index in [1.165, 1.54) is 161 Å². The third kappa shape index (κ3) is 46.8. The Balaban J connectivity index is 4.33. The number of hydrogen-bond donors (Lipinski definition) is 0. The normalized spacial score (nSPS) is 12.1. The van der Waals surface area contributed by atoms with Crippen molar-refractivity contribution in [1.82, 2.24) is 0 Å². The molecule has 59 heavy (non-hydrogen) atoms. The first kappa shape index (κ1) is 56.9. The number of ether oxygens (including phenoxy) is 3. The Hall–Kier alpha value is -2.11. The van der Waals surface area contributed by atoms with Gasteiger partial charge in [0.05, 0.1) is 0 Å². The third-order valence-electron chi connectivity index (χ3n) is 11.5. The molecule has 0 fully saturated rings. The van der Waals surface area contributed by atoms with E-state index in [2.05, 4.69) is 45.1 Å². The molecule has 346 valence electrons. The summed E-state index contributed by atoms with van der Waals surface area (Å²) in [5, 5.41) is 0. The Morgan fingerprint density at radius 1 is 0.339 bits per heavy atom. The highest BCUT2D eigenvalue weighted by molar-refractivity contribution is 5.71. The second kappa shape index (κ2) is 48.6. The van der Waals surface area contributed by atoms with Gasteiger partial charge in [0.1, 0.15) is 13.2 Å². The maximum atomic E-state index is 12.8. The summed E-state index contributed by atoms with van der Waals surface area (Å²) >= 11 is 0. The highest BCUT2D eigenvalue weighted by Gasteiger charge is 2.19. The summed E-state index contributed by atoms with van der Waals surface area (Å²) < 4.78 is 16.8. The Morgan fingerprint density at radius 2 is 0.610 bits per heavy atom. The zero-order valence-corrected chi connectivity index (χ0v) is 39.5. The van der Waals surface area contributed by atoms with Crippen LogP contribution in [0.25, 0.3) is 0 Å². The minimum absolute atomic E-state index is 0.0723. The molecule has 6 nitrogen and oxygen atoms in total. The molecule has 0 amide bonds. The summed E-state index contributed by atoms with van der Waals surface area (Å²) in [6.45, 7) is 6.62. The van der Waals surface area contributed by atoms with E-state index in [9.17, 15) is 14.4 Å². The molecular weight excluding hydrogens is 733 g/mol. The van der Waals surface area contributed by atoms with Gasteiger partial charge in [0.15, 0.2) is 6.10 Å². The van der Waals surface area contributed by atoms with Crippen LogP contribution >= 0.6 is 0 Å². The van der Waals surface area contributed by atoms with Gasteiger partial charge in [-0.1, -0.05) is 231 Å². The Bertz CT molecular complexity index is 958. The van der Waals surface area contributed by atoms with Gasteiger partial charge >= 0.3 is 17.9 Å². The largest absolute Gasteiger partial charge is 0.462 e. The van der Waals surface area contributed by atoms with Crippen molar-refractivity contribution in [3.05, 3.63) is 24.3 Å². The van der Waals surface area contributed by atoms with Gasteiger partial charge in [0, 0.05) is 19.3 Å². The van der Waals surface area contributed by atoms with E-state index in [4.69, 9.17) is 14.2 Å². The van der Waals surface area contributed by atoms with Crippen molar-refractivity contribution >= 4 is 17.9 Å². The predicted octanol–water partition coefficient (Wildman–Crippen LogP) is 16.8. The molecule has 0 aromatic carbocycles. The average Bonchev–Trinajstić information content (AvgIpc) is 3.23. The zero-order valence-electron chi connectivity index (χ0n) is 39.5. The first-order valence-corrected chi connectivity index (χ1v) is 25.8. The van der Waals surface area contributed by atoms with Crippen LogP contribution in [-0.2, 0) is 28.6 Å². The number of rotatable bonds is 47. The van der Waals surface area contributed by atoms with Gasteiger partial charge in [-0.05, 0) is 51.4 Å². The van der Waals surface area contributed by atoms with E-state index in [1.54, 1.807) is 0 Å². The Labute approximate surface area is 366 Å². The molecule has 0 aromatic rings. The van der Waals surface area contributed by atoms with Crippen LogP contribution in [0, 0.1) is 0 Å². The average molecular weight is 831 g/mol. The molecule has 0 rings (SSSR count). The lowest BCUT2D eigenvalue weighted by molar-refractivity contribution is -0.167. The summed E-state index contributed by atoms with van der Waals surface area (Å²) in [6, 6.07) is 0. The van der Waals surface area contributed by atoms with E-state index < -0.39 is 6.10 Å². The number of allylic oxidation sites excluding steroid dienone is 4. The lowest BCUT2D eigenvalue weighted by Gasteiger charge is -2.18. The van der Waals surface area contributed by atoms with Crippen molar-refractivity contribution in [3.63, 3.8) is 0 Å². The zero-order chi connectivity index (χ0) is 43.0.